The van der Waals surface area contributed by atoms with E-state index in [4.69, 9.17) is 0 Å². The molecule has 106 valence electrons. The molecule has 1 aromatic carbocycles. The van der Waals surface area contributed by atoms with Crippen molar-refractivity contribution in [1.82, 2.24) is 9.21 Å². The minimum absolute atomic E-state index is 0.791. The van der Waals surface area contributed by atoms with Crippen molar-refractivity contribution in [3.05, 3.63) is 29.3 Å². The zero-order valence-electron chi connectivity index (χ0n) is 11.9. The van der Waals surface area contributed by atoms with Gasteiger partial charge < -0.3 is 4.90 Å². The van der Waals surface area contributed by atoms with Gasteiger partial charge >= 0.3 is 0 Å². The molecule has 0 aromatic heterocycles. The number of nitrogens with zero attached hydrogens (tertiary/aromatic N) is 2. The van der Waals surface area contributed by atoms with Crippen LogP contribution in [0.5, 0.6) is 0 Å². The third-order valence-electron chi connectivity index (χ3n) is 5.67. The molecule has 20 heavy (non-hydrogen) atoms. The summed E-state index contributed by atoms with van der Waals surface area (Å²) in [5.74, 6) is 1.83. The van der Waals surface area contributed by atoms with Crippen molar-refractivity contribution in [3.63, 3.8) is 0 Å². The van der Waals surface area contributed by atoms with E-state index >= 15 is 0 Å². The molecule has 0 amide bonds. The molecule has 3 saturated heterocycles. The summed E-state index contributed by atoms with van der Waals surface area (Å²) < 4.78 is 2.69. The highest BCUT2D eigenvalue weighted by atomic mass is 32.2. The largest absolute Gasteiger partial charge is 0.302 e. The average molecular weight is 286 g/mol. The Morgan fingerprint density at radius 3 is 2.60 bits per heavy atom. The zero-order chi connectivity index (χ0) is 13.1. The van der Waals surface area contributed by atoms with Gasteiger partial charge in [0.05, 0.1) is 0 Å². The lowest BCUT2D eigenvalue weighted by Gasteiger charge is -2.47. The van der Waals surface area contributed by atoms with Crippen LogP contribution in [-0.2, 0) is 6.54 Å². The fourth-order valence-electron chi connectivity index (χ4n) is 4.23. The van der Waals surface area contributed by atoms with Gasteiger partial charge in [-0.2, -0.15) is 0 Å². The van der Waals surface area contributed by atoms with Crippen LogP contribution in [0.3, 0.4) is 0 Å². The van der Waals surface area contributed by atoms with Crippen LogP contribution in [0, 0.1) is 5.92 Å². The monoisotopic (exact) mass is 286 g/mol. The molecule has 0 radical (unpaired) electrons. The van der Waals surface area contributed by atoms with E-state index in [-0.39, 0.29) is 0 Å². The first kappa shape index (κ1) is 12.1. The highest BCUT2D eigenvalue weighted by Gasteiger charge is 2.40. The Hall–Kier alpha value is -0.510. The van der Waals surface area contributed by atoms with E-state index in [0.29, 0.717) is 0 Å². The van der Waals surface area contributed by atoms with Crippen LogP contribution >= 0.6 is 11.9 Å². The molecule has 1 aliphatic carbocycles. The Balaban J connectivity index is 1.37. The first-order valence-corrected chi connectivity index (χ1v) is 8.94. The molecule has 4 fully saturated rings. The molecule has 0 unspecified atom stereocenters. The highest BCUT2D eigenvalue weighted by Crippen LogP contribution is 2.46. The first-order chi connectivity index (χ1) is 9.87. The fraction of sp³-hybridized carbons (Fsp3) is 0.647. The second-order valence-corrected chi connectivity index (χ2v) is 8.10. The van der Waals surface area contributed by atoms with Gasteiger partial charge in [-0.05, 0) is 79.7 Å². The Labute approximate surface area is 125 Å². The standard InChI is InChI=1S/C17H22N2S/c1-2-12(1)14-3-4-15-10-19(20-17(15)9-14)16-11-18-7-5-13(16)6-8-18/h3-4,9,12-13,16H,1-2,5-8,10-11H2/t16-/m1/s1. The van der Waals surface area contributed by atoms with E-state index in [1.54, 1.807) is 16.0 Å². The number of benzene rings is 1. The SMILES string of the molecule is c1cc2c(cc1C1CC1)SN([C@@H]1CN3CCC1CC3)C2. The summed E-state index contributed by atoms with van der Waals surface area (Å²) in [7, 11) is 0. The summed E-state index contributed by atoms with van der Waals surface area (Å²) in [4.78, 5) is 4.22. The molecule has 6 rings (SSSR count). The molecule has 4 heterocycles. The van der Waals surface area contributed by atoms with Gasteiger partial charge in [-0.1, -0.05) is 12.1 Å². The van der Waals surface area contributed by atoms with Crippen LogP contribution in [0.25, 0.3) is 0 Å². The van der Waals surface area contributed by atoms with Gasteiger partial charge in [-0.25, -0.2) is 4.31 Å². The molecule has 1 atom stereocenters. The average Bonchev–Trinajstić information content (AvgIpc) is 3.27. The second kappa shape index (κ2) is 4.49. The van der Waals surface area contributed by atoms with E-state index in [9.17, 15) is 0 Å². The van der Waals surface area contributed by atoms with Gasteiger partial charge in [0.2, 0.25) is 0 Å². The number of piperidine rings is 3. The van der Waals surface area contributed by atoms with E-state index in [0.717, 1.165) is 17.9 Å². The number of hydrogen-bond acceptors (Lipinski definition) is 3. The van der Waals surface area contributed by atoms with Crippen molar-refractivity contribution in [3.8, 4) is 0 Å². The molecular weight excluding hydrogens is 264 g/mol. The van der Waals surface area contributed by atoms with Crippen LogP contribution in [0.2, 0.25) is 0 Å². The summed E-state index contributed by atoms with van der Waals surface area (Å²) in [6.07, 6.45) is 5.66. The molecule has 5 aliphatic rings. The normalized spacial score (nSPS) is 36.3. The maximum atomic E-state index is 2.69. The Morgan fingerprint density at radius 1 is 1.05 bits per heavy atom. The first-order valence-electron chi connectivity index (χ1n) is 8.16. The number of rotatable bonds is 2. The molecule has 1 aromatic rings. The lowest BCUT2D eigenvalue weighted by molar-refractivity contribution is 0.0420. The molecule has 0 spiro atoms. The molecule has 3 heteroatoms. The summed E-state index contributed by atoms with van der Waals surface area (Å²) in [5, 5.41) is 0. The quantitative estimate of drug-likeness (QED) is 0.769. The Morgan fingerprint density at radius 2 is 1.90 bits per heavy atom. The number of hydrogen-bond donors (Lipinski definition) is 0. The smallest absolute Gasteiger partial charge is 0.0366 e. The van der Waals surface area contributed by atoms with Gasteiger partial charge in [0.1, 0.15) is 0 Å². The summed E-state index contributed by atoms with van der Waals surface area (Å²) >= 11 is 2.05. The van der Waals surface area contributed by atoms with Crippen LogP contribution in [0.4, 0.5) is 0 Å². The van der Waals surface area contributed by atoms with E-state index in [1.807, 2.05) is 11.9 Å². The summed E-state index contributed by atoms with van der Waals surface area (Å²) in [6.45, 7) is 5.16. The maximum absolute atomic E-state index is 2.69. The number of fused-ring (bicyclic) bond motifs is 4. The summed E-state index contributed by atoms with van der Waals surface area (Å²) in [5.41, 5.74) is 3.16. The molecular formula is C17H22N2S. The van der Waals surface area contributed by atoms with E-state index in [2.05, 4.69) is 27.4 Å². The predicted octanol–water partition coefficient (Wildman–Crippen LogP) is 3.48. The van der Waals surface area contributed by atoms with Crippen molar-refractivity contribution in [2.45, 2.75) is 49.1 Å². The van der Waals surface area contributed by atoms with Crippen molar-refractivity contribution in [2.75, 3.05) is 19.6 Å². The Bertz CT molecular complexity index is 532. The predicted molar refractivity (Wildman–Crippen MR) is 82.8 cm³/mol. The molecule has 1 saturated carbocycles. The van der Waals surface area contributed by atoms with Crippen molar-refractivity contribution < 1.29 is 0 Å². The van der Waals surface area contributed by atoms with E-state index in [1.165, 1.54) is 51.9 Å². The third-order valence-corrected chi connectivity index (χ3v) is 6.88. The van der Waals surface area contributed by atoms with Crippen LogP contribution < -0.4 is 0 Å². The third kappa shape index (κ3) is 1.94. The minimum Gasteiger partial charge on any atom is -0.302 e. The van der Waals surface area contributed by atoms with Gasteiger partial charge in [0, 0.05) is 24.0 Å². The van der Waals surface area contributed by atoms with Crippen molar-refractivity contribution in [1.29, 1.82) is 0 Å². The Kier molecular flexibility index (Phi) is 2.71. The topological polar surface area (TPSA) is 6.48 Å². The van der Waals surface area contributed by atoms with Gasteiger partial charge in [0.15, 0.2) is 0 Å². The van der Waals surface area contributed by atoms with Crippen molar-refractivity contribution in [2.24, 2.45) is 5.92 Å². The second-order valence-electron chi connectivity index (χ2n) is 7.01. The van der Waals surface area contributed by atoms with Gasteiger partial charge in [-0.3, -0.25) is 0 Å². The molecule has 2 nitrogen and oxygen atoms in total. The summed E-state index contributed by atoms with van der Waals surface area (Å²) in [6, 6.07) is 8.06. The lowest BCUT2D eigenvalue weighted by atomic mass is 9.84. The highest BCUT2D eigenvalue weighted by molar-refractivity contribution is 7.97. The zero-order valence-corrected chi connectivity index (χ0v) is 12.7. The van der Waals surface area contributed by atoms with Gasteiger partial charge in [0.25, 0.3) is 0 Å². The molecule has 2 bridgehead atoms. The minimum atomic E-state index is 0.791. The van der Waals surface area contributed by atoms with E-state index < -0.39 is 0 Å². The maximum Gasteiger partial charge on any atom is 0.0366 e. The van der Waals surface area contributed by atoms with Crippen LogP contribution in [0.15, 0.2) is 23.1 Å². The lowest BCUT2D eigenvalue weighted by Crippen LogP contribution is -2.54. The van der Waals surface area contributed by atoms with Gasteiger partial charge in [-0.15, -0.1) is 0 Å². The van der Waals surface area contributed by atoms with Crippen molar-refractivity contribution >= 4 is 11.9 Å². The fourth-order valence-corrected chi connectivity index (χ4v) is 5.50. The molecule has 0 N–H and O–H groups in total. The van der Waals surface area contributed by atoms with Crippen LogP contribution in [0.1, 0.15) is 42.7 Å². The molecule has 4 aliphatic heterocycles. The van der Waals surface area contributed by atoms with Crippen LogP contribution in [-0.4, -0.2) is 34.9 Å².